The summed E-state index contributed by atoms with van der Waals surface area (Å²) in [5.41, 5.74) is 0. The first-order valence-electron chi connectivity index (χ1n) is 8.44. The van der Waals surface area contributed by atoms with Crippen LogP contribution in [0.3, 0.4) is 0 Å². The molecule has 0 aliphatic heterocycles. The number of rotatable bonds is 15. The predicted octanol–water partition coefficient (Wildman–Crippen LogP) is 4.35. The Morgan fingerprint density at radius 3 is 1.67 bits per heavy atom. The molecule has 0 aromatic carbocycles. The maximum atomic E-state index is 5.98. The van der Waals surface area contributed by atoms with Crippen LogP contribution >= 0.6 is 0 Å². The Morgan fingerprint density at radius 1 is 0.810 bits per heavy atom. The molecule has 0 saturated carbocycles. The van der Waals surface area contributed by atoms with E-state index in [-0.39, 0.29) is 6.10 Å². The molecule has 0 aromatic rings. The number of unbranched alkanes of at least 4 members (excludes halogenated alkanes) is 3. The Hall–Kier alpha value is 0.554. The first kappa shape index (κ1) is 21.6. The Labute approximate surface area is 143 Å². The molecule has 1 atom stereocenters. The average molecular weight is 337 g/mol. The summed E-state index contributed by atoms with van der Waals surface area (Å²) in [5, 5.41) is 0. The van der Waals surface area contributed by atoms with E-state index in [4.69, 9.17) is 17.5 Å². The topological polar surface area (TPSA) is 36.9 Å². The van der Waals surface area contributed by atoms with Crippen LogP contribution in [-0.2, 0) is 38.4 Å². The summed E-state index contributed by atoms with van der Waals surface area (Å²) in [6.07, 6.45) is 6.92. The molecular weight excluding hydrogens is 304 g/mol. The fourth-order valence-electron chi connectivity index (χ4n) is 1.91. The Morgan fingerprint density at radius 2 is 1.29 bits per heavy atom. The molecule has 0 fully saturated rings. The van der Waals surface area contributed by atoms with E-state index in [0.717, 1.165) is 44.9 Å². The van der Waals surface area contributed by atoms with Crippen molar-refractivity contribution in [2.75, 3.05) is 19.8 Å². The fraction of sp³-hybridized carbons (Fsp3) is 1.00. The van der Waals surface area contributed by atoms with E-state index in [1.54, 1.807) is 20.8 Å². The van der Waals surface area contributed by atoms with Crippen LogP contribution in [0, 0.1) is 0 Å². The molecule has 0 aliphatic carbocycles. The van der Waals surface area contributed by atoms with Crippen molar-refractivity contribution in [2.24, 2.45) is 0 Å². The van der Waals surface area contributed by atoms with Crippen molar-refractivity contribution in [3.05, 3.63) is 0 Å². The van der Waals surface area contributed by atoms with Gasteiger partial charge >= 0.3 is 143 Å². The minimum atomic E-state index is -1.06. The fourth-order valence-corrected chi connectivity index (χ4v) is 2.30. The molecular formula is C16H33O4Ti. The Kier molecular flexibility index (Phi) is 14.5. The van der Waals surface area contributed by atoms with E-state index >= 15 is 0 Å². The third-order valence-electron chi connectivity index (χ3n) is 3.33. The second-order valence-corrected chi connectivity index (χ2v) is 5.55. The van der Waals surface area contributed by atoms with Crippen LogP contribution in [0.5, 0.6) is 0 Å². The first-order chi connectivity index (χ1) is 10.2. The first-order valence-corrected chi connectivity index (χ1v) is 9.08. The van der Waals surface area contributed by atoms with E-state index in [2.05, 4.69) is 27.7 Å². The molecule has 0 heterocycles. The maximum absolute atomic E-state index is 5.98. The molecule has 0 amide bonds. The zero-order chi connectivity index (χ0) is 16.0. The third-order valence-corrected chi connectivity index (χ3v) is 3.77. The van der Waals surface area contributed by atoms with Gasteiger partial charge in [0.2, 0.25) is 0 Å². The van der Waals surface area contributed by atoms with Crippen LogP contribution in [0.15, 0.2) is 0 Å². The minimum absolute atomic E-state index is 0.192. The SMILES string of the molecule is CCCCOC(CC)C([O][Ti])(OCCCC)OCCCC. The van der Waals surface area contributed by atoms with E-state index in [1.165, 1.54) is 0 Å². The predicted molar refractivity (Wildman–Crippen MR) is 80.5 cm³/mol. The van der Waals surface area contributed by atoms with Crippen LogP contribution in [0.2, 0.25) is 0 Å². The zero-order valence-electron chi connectivity index (χ0n) is 14.3. The molecule has 0 spiro atoms. The molecule has 5 heteroatoms. The summed E-state index contributed by atoms with van der Waals surface area (Å²) in [5.74, 6) is -1.06. The third kappa shape index (κ3) is 8.68. The van der Waals surface area contributed by atoms with Gasteiger partial charge in [0.05, 0.1) is 0 Å². The zero-order valence-corrected chi connectivity index (χ0v) is 15.8. The monoisotopic (exact) mass is 337 g/mol. The van der Waals surface area contributed by atoms with Crippen molar-refractivity contribution in [3.63, 3.8) is 0 Å². The molecule has 1 unspecified atom stereocenters. The van der Waals surface area contributed by atoms with Gasteiger partial charge in [-0.1, -0.05) is 0 Å². The molecule has 0 rings (SSSR count). The Bertz CT molecular complexity index is 216. The van der Waals surface area contributed by atoms with Gasteiger partial charge in [0.1, 0.15) is 0 Å². The van der Waals surface area contributed by atoms with Crippen molar-refractivity contribution < 1.29 is 38.4 Å². The van der Waals surface area contributed by atoms with E-state index in [1.807, 2.05) is 0 Å². The second kappa shape index (κ2) is 14.2. The standard InChI is InChI=1S/C16H33O4.Ti/c1-5-9-12-18-15(8-4)16(17,19-13-10-6-2)20-14-11-7-3;/h15H,5-14H2,1-4H3;/q-1;+1. The van der Waals surface area contributed by atoms with Crippen LogP contribution in [-0.4, -0.2) is 31.9 Å². The van der Waals surface area contributed by atoms with Crippen LogP contribution in [0.1, 0.15) is 72.6 Å². The average Bonchev–Trinajstić information content (AvgIpc) is 2.51. The van der Waals surface area contributed by atoms with E-state index in [9.17, 15) is 0 Å². The van der Waals surface area contributed by atoms with Gasteiger partial charge in [-0.2, -0.15) is 0 Å². The van der Waals surface area contributed by atoms with Crippen molar-refractivity contribution in [2.45, 2.75) is 84.7 Å². The molecule has 0 radical (unpaired) electrons. The van der Waals surface area contributed by atoms with Gasteiger partial charge in [-0.15, -0.1) is 0 Å². The number of hydrogen-bond acceptors (Lipinski definition) is 4. The van der Waals surface area contributed by atoms with Gasteiger partial charge in [-0.3, -0.25) is 0 Å². The summed E-state index contributed by atoms with van der Waals surface area (Å²) in [6.45, 7) is 10.5. The van der Waals surface area contributed by atoms with Gasteiger partial charge in [0.15, 0.2) is 0 Å². The Balaban J connectivity index is 4.73. The van der Waals surface area contributed by atoms with Crippen molar-refractivity contribution in [1.29, 1.82) is 0 Å². The molecule has 4 nitrogen and oxygen atoms in total. The molecule has 0 N–H and O–H groups in total. The summed E-state index contributed by atoms with van der Waals surface area (Å²) in [7, 11) is 0. The van der Waals surface area contributed by atoms with Gasteiger partial charge in [0, 0.05) is 0 Å². The number of hydrogen-bond donors (Lipinski definition) is 0. The van der Waals surface area contributed by atoms with Gasteiger partial charge in [-0.25, -0.2) is 0 Å². The number of ether oxygens (including phenoxy) is 3. The van der Waals surface area contributed by atoms with Crippen molar-refractivity contribution in [3.8, 4) is 0 Å². The van der Waals surface area contributed by atoms with Crippen LogP contribution in [0.25, 0.3) is 0 Å². The molecule has 0 saturated heterocycles. The van der Waals surface area contributed by atoms with Crippen molar-refractivity contribution >= 4 is 0 Å². The van der Waals surface area contributed by atoms with Gasteiger partial charge < -0.3 is 0 Å². The normalized spacial score (nSPS) is 13.5. The quantitative estimate of drug-likeness (QED) is 0.253. The van der Waals surface area contributed by atoms with Gasteiger partial charge in [0.25, 0.3) is 0 Å². The summed E-state index contributed by atoms with van der Waals surface area (Å²) >= 11 is 1.64. The summed E-state index contributed by atoms with van der Waals surface area (Å²) in [6, 6.07) is 0. The van der Waals surface area contributed by atoms with Crippen LogP contribution < -0.4 is 0 Å². The molecule has 21 heavy (non-hydrogen) atoms. The summed E-state index contributed by atoms with van der Waals surface area (Å²) < 4.78 is 23.6. The van der Waals surface area contributed by atoms with E-state index < -0.39 is 5.97 Å². The summed E-state index contributed by atoms with van der Waals surface area (Å²) in [4.78, 5) is 0. The molecule has 0 aromatic heterocycles. The van der Waals surface area contributed by atoms with Crippen molar-refractivity contribution in [1.82, 2.24) is 0 Å². The van der Waals surface area contributed by atoms with Gasteiger partial charge in [-0.05, 0) is 0 Å². The van der Waals surface area contributed by atoms with E-state index in [0.29, 0.717) is 19.8 Å². The molecule has 0 aliphatic rings. The molecule has 0 bridgehead atoms. The second-order valence-electron chi connectivity index (χ2n) is 5.23. The molecule has 125 valence electrons. The van der Waals surface area contributed by atoms with Crippen LogP contribution in [0.4, 0.5) is 0 Å².